The van der Waals surface area contributed by atoms with Crippen LogP contribution in [0.15, 0.2) is 35.2 Å². The molecule has 1 aliphatic carbocycles. The van der Waals surface area contributed by atoms with Crippen LogP contribution in [0.4, 0.5) is 17.3 Å². The Morgan fingerprint density at radius 3 is 2.45 bits per heavy atom. The van der Waals surface area contributed by atoms with Crippen LogP contribution >= 0.6 is 11.8 Å². The average molecular weight is 287 g/mol. The van der Waals surface area contributed by atoms with Gasteiger partial charge in [-0.25, -0.2) is 15.8 Å². The molecule has 0 bridgehead atoms. The number of rotatable bonds is 5. The quantitative estimate of drug-likeness (QED) is 0.446. The van der Waals surface area contributed by atoms with Gasteiger partial charge < -0.3 is 10.7 Å². The van der Waals surface area contributed by atoms with Gasteiger partial charge in [0.25, 0.3) is 0 Å². The van der Waals surface area contributed by atoms with Gasteiger partial charge in [0, 0.05) is 22.6 Å². The maximum absolute atomic E-state index is 5.47. The van der Waals surface area contributed by atoms with E-state index in [2.05, 4.69) is 39.1 Å². The second-order valence-corrected chi connectivity index (χ2v) is 5.65. The number of nitrogens with one attached hydrogen (secondary N) is 2. The van der Waals surface area contributed by atoms with Crippen LogP contribution in [0.2, 0.25) is 0 Å². The van der Waals surface area contributed by atoms with E-state index in [0.717, 1.165) is 30.2 Å². The highest BCUT2D eigenvalue weighted by atomic mass is 32.2. The summed E-state index contributed by atoms with van der Waals surface area (Å²) in [5, 5.41) is 3.30. The predicted octanol–water partition coefficient (Wildman–Crippen LogP) is 3.11. The molecule has 1 aromatic heterocycles. The standard InChI is InChI=1S/C14H17N5S/c1-20-11-6-4-10(5-7-11)16-12-8-13(19-15)18-14(17-12)9-2-3-9/h4-9H,2-3,15H2,1H3,(H2,16,17,18,19). The van der Waals surface area contributed by atoms with Crippen molar-refractivity contribution in [3.63, 3.8) is 0 Å². The van der Waals surface area contributed by atoms with Gasteiger partial charge in [0.05, 0.1) is 0 Å². The van der Waals surface area contributed by atoms with E-state index in [1.54, 1.807) is 11.8 Å². The smallest absolute Gasteiger partial charge is 0.145 e. The number of aromatic nitrogens is 2. The van der Waals surface area contributed by atoms with Gasteiger partial charge >= 0.3 is 0 Å². The number of benzene rings is 1. The van der Waals surface area contributed by atoms with Gasteiger partial charge in [-0.3, -0.25) is 0 Å². The Morgan fingerprint density at radius 1 is 1.15 bits per heavy atom. The fourth-order valence-electron chi connectivity index (χ4n) is 1.95. The minimum absolute atomic E-state index is 0.489. The number of nitrogens with two attached hydrogens (primary N) is 1. The third-order valence-corrected chi connectivity index (χ3v) is 3.94. The lowest BCUT2D eigenvalue weighted by molar-refractivity contribution is 0.929. The van der Waals surface area contributed by atoms with Crippen molar-refractivity contribution in [1.29, 1.82) is 0 Å². The van der Waals surface area contributed by atoms with Gasteiger partial charge in [-0.05, 0) is 43.4 Å². The molecule has 1 saturated carbocycles. The third-order valence-electron chi connectivity index (χ3n) is 3.20. The Labute approximate surface area is 122 Å². The van der Waals surface area contributed by atoms with Crippen LogP contribution in [0, 0.1) is 0 Å². The fraction of sp³-hybridized carbons (Fsp3) is 0.286. The van der Waals surface area contributed by atoms with Crippen LogP contribution in [-0.4, -0.2) is 16.2 Å². The number of anilines is 3. The zero-order valence-electron chi connectivity index (χ0n) is 11.3. The minimum atomic E-state index is 0.489. The highest BCUT2D eigenvalue weighted by Gasteiger charge is 2.27. The summed E-state index contributed by atoms with van der Waals surface area (Å²) < 4.78 is 0. The molecule has 6 heteroatoms. The summed E-state index contributed by atoms with van der Waals surface area (Å²) in [5.41, 5.74) is 3.61. The topological polar surface area (TPSA) is 75.9 Å². The van der Waals surface area contributed by atoms with Crippen molar-refractivity contribution in [2.24, 2.45) is 5.84 Å². The lowest BCUT2D eigenvalue weighted by Crippen LogP contribution is -2.11. The van der Waals surface area contributed by atoms with Crippen molar-refractivity contribution < 1.29 is 0 Å². The van der Waals surface area contributed by atoms with E-state index in [-0.39, 0.29) is 0 Å². The molecule has 0 amide bonds. The van der Waals surface area contributed by atoms with Crippen molar-refractivity contribution in [3.8, 4) is 0 Å². The van der Waals surface area contributed by atoms with E-state index >= 15 is 0 Å². The molecule has 1 aromatic carbocycles. The highest BCUT2D eigenvalue weighted by molar-refractivity contribution is 7.98. The maximum atomic E-state index is 5.47. The lowest BCUT2D eigenvalue weighted by atomic mass is 10.3. The van der Waals surface area contributed by atoms with Crippen LogP contribution in [0.1, 0.15) is 24.6 Å². The van der Waals surface area contributed by atoms with E-state index in [9.17, 15) is 0 Å². The summed E-state index contributed by atoms with van der Waals surface area (Å²) in [6, 6.07) is 10.1. The van der Waals surface area contributed by atoms with Crippen molar-refractivity contribution in [2.75, 3.05) is 17.0 Å². The second kappa shape index (κ2) is 5.68. The number of thioether (sulfide) groups is 1. The van der Waals surface area contributed by atoms with E-state index in [1.807, 2.05) is 18.2 Å². The Balaban J connectivity index is 1.83. The first-order chi connectivity index (χ1) is 9.78. The molecule has 4 N–H and O–H groups in total. The minimum Gasteiger partial charge on any atom is -0.340 e. The summed E-state index contributed by atoms with van der Waals surface area (Å²) in [4.78, 5) is 10.2. The Bertz CT molecular complexity index is 595. The molecule has 0 saturated heterocycles. The van der Waals surface area contributed by atoms with Gasteiger partial charge in [-0.2, -0.15) is 0 Å². The normalized spacial score (nSPS) is 14.1. The van der Waals surface area contributed by atoms with Crippen LogP contribution in [0.25, 0.3) is 0 Å². The summed E-state index contributed by atoms with van der Waals surface area (Å²) in [6.07, 6.45) is 4.39. The number of nitrogen functional groups attached to an aromatic ring is 1. The molecule has 20 heavy (non-hydrogen) atoms. The lowest BCUT2D eigenvalue weighted by Gasteiger charge is -2.09. The highest BCUT2D eigenvalue weighted by Crippen LogP contribution is 2.39. The zero-order chi connectivity index (χ0) is 13.9. The van der Waals surface area contributed by atoms with E-state index in [4.69, 9.17) is 5.84 Å². The summed E-state index contributed by atoms with van der Waals surface area (Å²) >= 11 is 1.72. The molecule has 0 aliphatic heterocycles. The first-order valence-corrected chi connectivity index (χ1v) is 7.77. The molecule has 1 heterocycles. The average Bonchev–Trinajstić information content (AvgIpc) is 3.32. The zero-order valence-corrected chi connectivity index (χ0v) is 12.1. The van der Waals surface area contributed by atoms with Crippen LogP contribution < -0.4 is 16.6 Å². The maximum Gasteiger partial charge on any atom is 0.145 e. The van der Waals surface area contributed by atoms with Gasteiger partial charge in [-0.15, -0.1) is 11.8 Å². The molecule has 5 nitrogen and oxygen atoms in total. The summed E-state index contributed by atoms with van der Waals surface area (Å²) in [5.74, 6) is 8.24. The van der Waals surface area contributed by atoms with Crippen LogP contribution in [-0.2, 0) is 0 Å². The molecule has 1 fully saturated rings. The fourth-order valence-corrected chi connectivity index (χ4v) is 2.36. The Morgan fingerprint density at radius 2 is 1.85 bits per heavy atom. The van der Waals surface area contributed by atoms with Crippen LogP contribution in [0.3, 0.4) is 0 Å². The number of hydrogen-bond donors (Lipinski definition) is 3. The van der Waals surface area contributed by atoms with E-state index in [1.165, 1.54) is 4.90 Å². The molecule has 0 spiro atoms. The van der Waals surface area contributed by atoms with Crippen molar-refractivity contribution in [2.45, 2.75) is 23.7 Å². The molecular weight excluding hydrogens is 270 g/mol. The Hall–Kier alpha value is -1.79. The van der Waals surface area contributed by atoms with Crippen molar-refractivity contribution in [1.82, 2.24) is 9.97 Å². The number of hydrazine groups is 1. The molecular formula is C14H17N5S. The molecule has 104 valence electrons. The van der Waals surface area contributed by atoms with E-state index < -0.39 is 0 Å². The predicted molar refractivity (Wildman–Crippen MR) is 83.3 cm³/mol. The van der Waals surface area contributed by atoms with Gasteiger partial charge in [0.15, 0.2) is 0 Å². The van der Waals surface area contributed by atoms with Crippen molar-refractivity contribution in [3.05, 3.63) is 36.2 Å². The monoisotopic (exact) mass is 287 g/mol. The first kappa shape index (κ1) is 13.2. The molecule has 1 aliphatic rings. The summed E-state index contributed by atoms with van der Waals surface area (Å²) in [6.45, 7) is 0. The largest absolute Gasteiger partial charge is 0.340 e. The second-order valence-electron chi connectivity index (χ2n) is 4.77. The number of hydrogen-bond acceptors (Lipinski definition) is 6. The molecule has 0 unspecified atom stereocenters. The molecule has 0 atom stereocenters. The van der Waals surface area contributed by atoms with Gasteiger partial charge in [-0.1, -0.05) is 0 Å². The first-order valence-electron chi connectivity index (χ1n) is 6.55. The van der Waals surface area contributed by atoms with Crippen molar-refractivity contribution >= 4 is 29.1 Å². The van der Waals surface area contributed by atoms with Gasteiger partial charge in [0.2, 0.25) is 0 Å². The Kier molecular flexibility index (Phi) is 3.75. The summed E-state index contributed by atoms with van der Waals surface area (Å²) in [7, 11) is 0. The molecule has 3 rings (SSSR count). The number of nitrogens with zero attached hydrogens (tertiary/aromatic N) is 2. The SMILES string of the molecule is CSc1ccc(Nc2cc(NN)nc(C3CC3)n2)cc1. The van der Waals surface area contributed by atoms with Gasteiger partial charge in [0.1, 0.15) is 17.5 Å². The third kappa shape index (κ3) is 3.02. The molecule has 0 radical (unpaired) electrons. The van der Waals surface area contributed by atoms with E-state index in [0.29, 0.717) is 11.7 Å². The van der Waals surface area contributed by atoms with Crippen LogP contribution in [0.5, 0.6) is 0 Å². The molecule has 2 aromatic rings.